The topological polar surface area (TPSA) is 104 Å². The summed E-state index contributed by atoms with van der Waals surface area (Å²) in [4.78, 5) is 15.9. The summed E-state index contributed by atoms with van der Waals surface area (Å²) in [7, 11) is 0. The van der Waals surface area contributed by atoms with E-state index in [0.29, 0.717) is 0 Å². The minimum absolute atomic E-state index is 1.50. The third kappa shape index (κ3) is 6.30. The van der Waals surface area contributed by atoms with Crippen LogP contribution in [0.15, 0.2) is 0 Å². The Bertz CT molecular complexity index is 36.8. The maximum Gasteiger partial charge on any atom is 0.291 e. The molecule has 0 unspecified atom stereocenters. The summed E-state index contributed by atoms with van der Waals surface area (Å²) in [5, 5.41) is 13.6. The normalized spacial score (nSPS) is 4.67. The molecular weight excluding hydrogens is 92.0 g/mol. The highest BCUT2D eigenvalue weighted by atomic mass is 16.9. The lowest BCUT2D eigenvalue weighted by atomic mass is 13.1. The second kappa shape index (κ2) is 9.20. The van der Waals surface area contributed by atoms with Crippen LogP contribution in [0.4, 0.5) is 0 Å². The van der Waals surface area contributed by atoms with Crippen LogP contribution in [0.3, 0.4) is 0 Å². The highest BCUT2D eigenvalue weighted by Gasteiger charge is 1.65. The van der Waals surface area contributed by atoms with E-state index in [1.165, 1.54) is 0 Å². The van der Waals surface area contributed by atoms with Crippen molar-refractivity contribution in [2.45, 2.75) is 0 Å². The molecule has 0 atom stereocenters. The highest BCUT2D eigenvalue weighted by molar-refractivity contribution is 3.83. The Morgan fingerprint density at radius 3 is 1.67 bits per heavy atom. The van der Waals surface area contributed by atoms with E-state index in [1.807, 2.05) is 0 Å². The van der Waals surface area contributed by atoms with Gasteiger partial charge in [0.05, 0.1) is 0 Å². The van der Waals surface area contributed by atoms with E-state index in [0.717, 1.165) is 0 Å². The van der Waals surface area contributed by atoms with E-state index < -0.39 is 5.09 Å². The van der Waals surface area contributed by atoms with Gasteiger partial charge in [0.2, 0.25) is 0 Å². The zero-order valence-corrected chi connectivity index (χ0v) is 2.62. The van der Waals surface area contributed by atoms with Crippen LogP contribution in [0.1, 0.15) is 0 Å². The van der Waals surface area contributed by atoms with Gasteiger partial charge in [0.25, 0.3) is 5.09 Å². The molecular formula is H2N2O4. The molecule has 0 rings (SSSR count). The third-order valence-electron chi connectivity index (χ3n) is 0. The van der Waals surface area contributed by atoms with Crippen molar-refractivity contribution in [3.05, 3.63) is 15.0 Å². The lowest BCUT2D eigenvalue weighted by Gasteiger charge is -1.56. The monoisotopic (exact) mass is 94.0 g/mol. The molecule has 0 aromatic rings. The maximum absolute atomic E-state index is 8.36. The highest BCUT2D eigenvalue weighted by Crippen LogP contribution is 1.38. The fraction of sp³-hybridized carbons (Fsp3) is 0. The Morgan fingerprint density at radius 1 is 1.67 bits per heavy atom. The summed E-state index contributed by atoms with van der Waals surface area (Å²) in [6.07, 6.45) is 0. The van der Waals surface area contributed by atoms with Crippen molar-refractivity contribution in [2.24, 2.45) is 0 Å². The van der Waals surface area contributed by atoms with Gasteiger partial charge in [0.15, 0.2) is 0 Å². The molecule has 2 N–H and O–H groups in total. The molecule has 0 heterocycles. The van der Waals surface area contributed by atoms with Gasteiger partial charge >= 0.3 is 0 Å². The van der Waals surface area contributed by atoms with E-state index in [2.05, 4.69) is 5.59 Å². The van der Waals surface area contributed by atoms with Crippen LogP contribution in [0.2, 0.25) is 0 Å². The zero-order chi connectivity index (χ0) is 5.58. The molecule has 0 aromatic heterocycles. The molecule has 0 aliphatic carbocycles. The lowest BCUT2D eigenvalue weighted by Crippen LogP contribution is -1.81. The molecule has 0 fully saturated rings. The molecule has 0 aliphatic rings. The minimum Gasteiger partial charge on any atom is -0.328 e. The van der Waals surface area contributed by atoms with Gasteiger partial charge in [-0.15, -0.1) is 10.1 Å². The first-order chi connectivity index (χ1) is 2.73. The average molecular weight is 94.0 g/mol. The van der Waals surface area contributed by atoms with Crippen LogP contribution in [0.25, 0.3) is 0 Å². The van der Waals surface area contributed by atoms with Gasteiger partial charge in [0.1, 0.15) is 0 Å². The molecule has 0 spiro atoms. The third-order valence-corrected chi connectivity index (χ3v) is 0. The summed E-state index contributed by atoms with van der Waals surface area (Å²) < 4.78 is 0. The van der Waals surface area contributed by atoms with Gasteiger partial charge < -0.3 is 5.21 Å². The first-order valence-electron chi connectivity index (χ1n) is 0.769. The molecule has 0 aromatic carbocycles. The van der Waals surface area contributed by atoms with Gasteiger partial charge in [-0.2, -0.15) is 4.91 Å². The van der Waals surface area contributed by atoms with Gasteiger partial charge in [0, 0.05) is 0 Å². The second-order valence-electron chi connectivity index (χ2n) is 0.238. The van der Waals surface area contributed by atoms with Gasteiger partial charge in [-0.05, 0) is 0 Å². The van der Waals surface area contributed by atoms with Crippen LogP contribution in [0.5, 0.6) is 0 Å². The van der Waals surface area contributed by atoms with E-state index in [9.17, 15) is 0 Å². The Morgan fingerprint density at radius 2 is 1.67 bits per heavy atom. The second-order valence-corrected chi connectivity index (χ2v) is 0.238. The summed E-state index contributed by atoms with van der Waals surface area (Å²) in [6.45, 7) is 0. The number of nitrogens with one attached hydrogen (secondary N) is 1. The number of nitroso groups, excluding NO2 is 1. The first kappa shape index (κ1) is 8.84. The first-order valence-corrected chi connectivity index (χ1v) is 0.769. The smallest absolute Gasteiger partial charge is 0.291 e. The Balaban J connectivity index is 0. The number of hydrogen-bond donors (Lipinski definition) is 2. The van der Waals surface area contributed by atoms with Gasteiger partial charge in [-0.25, -0.2) is 0 Å². The molecule has 0 bridgehead atoms. The average Bonchev–Trinajstić information content (AvgIpc) is 1.41. The fourth-order valence-electron chi connectivity index (χ4n) is 0. The minimum atomic E-state index is -1.50. The zero-order valence-electron chi connectivity index (χ0n) is 2.62. The molecule has 36 valence electrons. The fourth-order valence-corrected chi connectivity index (χ4v) is 0. The summed E-state index contributed by atoms with van der Waals surface area (Å²) in [5.74, 6) is 0. The van der Waals surface area contributed by atoms with Crippen LogP contribution in [-0.2, 0) is 0 Å². The SMILES string of the molecule is N=O.O=[N+]([O-])O. The van der Waals surface area contributed by atoms with Crippen molar-refractivity contribution >= 4 is 0 Å². The van der Waals surface area contributed by atoms with E-state index >= 15 is 0 Å². The summed E-state index contributed by atoms with van der Waals surface area (Å²) in [5.41, 5.74) is 4.50. The largest absolute Gasteiger partial charge is 0.328 e. The van der Waals surface area contributed by atoms with E-state index in [4.69, 9.17) is 20.2 Å². The molecule has 6 nitrogen and oxygen atoms in total. The molecule has 0 radical (unpaired) electrons. The molecule has 0 amide bonds. The van der Waals surface area contributed by atoms with Crippen LogP contribution in [-0.4, -0.2) is 10.3 Å². The molecule has 6 heavy (non-hydrogen) atoms. The van der Waals surface area contributed by atoms with E-state index in [1.54, 1.807) is 0 Å². The molecule has 0 aliphatic heterocycles. The van der Waals surface area contributed by atoms with Crippen molar-refractivity contribution in [1.82, 2.24) is 0 Å². The summed E-state index contributed by atoms with van der Waals surface area (Å²) >= 11 is 0. The van der Waals surface area contributed by atoms with Crippen molar-refractivity contribution in [2.75, 3.05) is 0 Å². The van der Waals surface area contributed by atoms with Crippen molar-refractivity contribution in [1.29, 1.82) is 5.59 Å². The van der Waals surface area contributed by atoms with Gasteiger partial charge in [-0.3, -0.25) is 0 Å². The van der Waals surface area contributed by atoms with Crippen LogP contribution >= 0.6 is 0 Å². The molecule has 0 saturated carbocycles. The maximum atomic E-state index is 8.36. The lowest BCUT2D eigenvalue weighted by molar-refractivity contribution is -0.742. The molecule has 0 saturated heterocycles. The summed E-state index contributed by atoms with van der Waals surface area (Å²) in [6, 6.07) is 0. The Kier molecular flexibility index (Phi) is 13.5. The van der Waals surface area contributed by atoms with E-state index in [-0.39, 0.29) is 0 Å². The Hall–Kier alpha value is -1.20. The number of hydrogen-bond acceptors (Lipinski definition) is 4. The standard InChI is InChI=1S/HNO3.HNO/c2-1(3)4;1-2/h(H,2,3,4);1H. The number of rotatable bonds is 0. The quantitative estimate of drug-likeness (QED) is 0.250. The van der Waals surface area contributed by atoms with Crippen molar-refractivity contribution in [3.63, 3.8) is 0 Å². The predicted octanol–water partition coefficient (Wildman–Crippen LogP) is -0.0161. The Labute approximate surface area is 32.3 Å². The number of nitrogens with zero attached hydrogens (tertiary/aromatic N) is 1. The predicted molar refractivity (Wildman–Crippen MR) is 14.9 cm³/mol. The molecule has 6 heteroatoms. The van der Waals surface area contributed by atoms with Gasteiger partial charge in [-0.1, -0.05) is 5.59 Å². The van der Waals surface area contributed by atoms with Crippen molar-refractivity contribution in [3.8, 4) is 0 Å². The van der Waals surface area contributed by atoms with Crippen molar-refractivity contribution < 1.29 is 10.3 Å². The van der Waals surface area contributed by atoms with Crippen LogP contribution in [0, 0.1) is 20.6 Å². The van der Waals surface area contributed by atoms with Crippen LogP contribution < -0.4 is 0 Å².